The number of halogens is 1. The molecule has 0 aliphatic rings. The Morgan fingerprint density at radius 1 is 1.50 bits per heavy atom. The average molecular weight is 285 g/mol. The van der Waals surface area contributed by atoms with E-state index in [0.29, 0.717) is 13.0 Å². The van der Waals surface area contributed by atoms with E-state index in [1.807, 2.05) is 31.2 Å². The highest BCUT2D eigenvalue weighted by Gasteiger charge is 2.11. The van der Waals surface area contributed by atoms with Gasteiger partial charge in [-0.2, -0.15) is 0 Å². The van der Waals surface area contributed by atoms with Crippen molar-refractivity contribution in [2.75, 3.05) is 6.54 Å². The van der Waals surface area contributed by atoms with E-state index in [1.165, 1.54) is 0 Å². The molecule has 0 bridgehead atoms. The molecule has 0 unspecified atom stereocenters. The van der Waals surface area contributed by atoms with E-state index in [0.717, 1.165) is 16.5 Å². The van der Waals surface area contributed by atoms with Crippen molar-refractivity contribution in [3.63, 3.8) is 0 Å². The van der Waals surface area contributed by atoms with Gasteiger partial charge in [-0.05, 0) is 31.5 Å². The third-order valence-electron chi connectivity index (χ3n) is 2.36. The maximum atomic E-state index is 11.5. The van der Waals surface area contributed by atoms with Crippen LogP contribution in [-0.2, 0) is 4.79 Å². The van der Waals surface area contributed by atoms with Crippen molar-refractivity contribution in [1.82, 2.24) is 5.32 Å². The highest BCUT2D eigenvalue weighted by molar-refractivity contribution is 9.10. The first-order valence-corrected chi connectivity index (χ1v) is 6.18. The molecule has 16 heavy (non-hydrogen) atoms. The summed E-state index contributed by atoms with van der Waals surface area (Å²) in [7, 11) is 0. The minimum atomic E-state index is 0.0147. The zero-order valence-corrected chi connectivity index (χ0v) is 11.0. The van der Waals surface area contributed by atoms with Crippen LogP contribution in [0.15, 0.2) is 28.7 Å². The highest BCUT2D eigenvalue weighted by atomic mass is 79.9. The summed E-state index contributed by atoms with van der Waals surface area (Å²) in [6.07, 6.45) is 1.22. The molecule has 88 valence electrons. The van der Waals surface area contributed by atoms with Crippen molar-refractivity contribution >= 4 is 21.8 Å². The van der Waals surface area contributed by atoms with Crippen LogP contribution in [0.5, 0.6) is 0 Å². The van der Waals surface area contributed by atoms with Gasteiger partial charge >= 0.3 is 0 Å². The van der Waals surface area contributed by atoms with Crippen molar-refractivity contribution in [1.29, 1.82) is 0 Å². The lowest BCUT2D eigenvalue weighted by molar-refractivity contribution is -0.121. The molecule has 0 aliphatic carbocycles. The maximum Gasteiger partial charge on any atom is 0.220 e. The quantitative estimate of drug-likeness (QED) is 0.872. The fourth-order valence-corrected chi connectivity index (χ4v) is 2.11. The molecule has 1 rings (SSSR count). The molecule has 0 heterocycles. The number of nitrogens with one attached hydrogen (secondary N) is 1. The second-order valence-electron chi connectivity index (χ2n) is 3.70. The number of nitrogens with two attached hydrogens (primary N) is 1. The van der Waals surface area contributed by atoms with Gasteiger partial charge in [0, 0.05) is 10.9 Å². The predicted octanol–water partition coefficient (Wildman–Crippen LogP) is 2.37. The van der Waals surface area contributed by atoms with Crippen LogP contribution in [-0.4, -0.2) is 12.5 Å². The summed E-state index contributed by atoms with van der Waals surface area (Å²) in [6.45, 7) is 2.53. The monoisotopic (exact) mass is 284 g/mol. The Morgan fingerprint density at radius 3 is 2.81 bits per heavy atom. The average Bonchev–Trinajstić information content (AvgIpc) is 2.26. The van der Waals surface area contributed by atoms with Crippen molar-refractivity contribution in [2.45, 2.75) is 25.8 Å². The number of hydrogen-bond acceptors (Lipinski definition) is 2. The van der Waals surface area contributed by atoms with Gasteiger partial charge in [0.15, 0.2) is 0 Å². The number of hydrogen-bond donors (Lipinski definition) is 2. The topological polar surface area (TPSA) is 55.1 Å². The van der Waals surface area contributed by atoms with E-state index < -0.39 is 0 Å². The van der Waals surface area contributed by atoms with Crippen molar-refractivity contribution in [3.8, 4) is 0 Å². The van der Waals surface area contributed by atoms with E-state index in [9.17, 15) is 4.79 Å². The second-order valence-corrected chi connectivity index (χ2v) is 4.56. The minimum absolute atomic E-state index is 0.0147. The molecule has 0 aliphatic heterocycles. The van der Waals surface area contributed by atoms with E-state index in [1.54, 1.807) is 0 Å². The molecule has 0 saturated carbocycles. The van der Waals surface area contributed by atoms with Gasteiger partial charge in [-0.3, -0.25) is 4.79 Å². The number of carbonyl (C=O) groups is 1. The molecule has 0 aromatic heterocycles. The summed E-state index contributed by atoms with van der Waals surface area (Å²) in [6, 6.07) is 7.90. The van der Waals surface area contributed by atoms with Gasteiger partial charge < -0.3 is 11.1 Å². The van der Waals surface area contributed by atoms with Gasteiger partial charge in [0.2, 0.25) is 5.91 Å². The lowest BCUT2D eigenvalue weighted by atomic mass is 10.1. The summed E-state index contributed by atoms with van der Waals surface area (Å²) in [5, 5.41) is 2.95. The number of rotatable bonds is 5. The molecular formula is C12H17BrN2O. The molecule has 1 aromatic rings. The highest BCUT2D eigenvalue weighted by Crippen LogP contribution is 2.22. The Labute approximate surface area is 105 Å². The van der Waals surface area contributed by atoms with Crippen LogP contribution in [0.1, 0.15) is 31.4 Å². The molecule has 1 aromatic carbocycles. The molecule has 0 fully saturated rings. The summed E-state index contributed by atoms with van der Waals surface area (Å²) in [5.41, 5.74) is 6.44. The standard InChI is InChI=1S/C12H17BrN2O/c1-9(15-12(16)7-4-8-14)10-5-2-3-6-11(10)13/h2-3,5-6,9H,4,7-8,14H2,1H3,(H,15,16)/t9-/m0/s1. The van der Waals surface area contributed by atoms with Gasteiger partial charge in [0.25, 0.3) is 0 Å². The van der Waals surface area contributed by atoms with Gasteiger partial charge in [0.05, 0.1) is 6.04 Å². The third-order valence-corrected chi connectivity index (χ3v) is 3.08. The fraction of sp³-hybridized carbons (Fsp3) is 0.417. The van der Waals surface area contributed by atoms with Crippen LogP contribution in [0.4, 0.5) is 0 Å². The molecule has 3 nitrogen and oxygen atoms in total. The van der Waals surface area contributed by atoms with Crippen molar-refractivity contribution < 1.29 is 4.79 Å². The zero-order valence-electron chi connectivity index (χ0n) is 9.37. The van der Waals surface area contributed by atoms with Crippen LogP contribution in [0.3, 0.4) is 0 Å². The molecule has 4 heteroatoms. The van der Waals surface area contributed by atoms with Crippen molar-refractivity contribution in [2.24, 2.45) is 5.73 Å². The largest absolute Gasteiger partial charge is 0.350 e. The molecule has 0 radical (unpaired) electrons. The Balaban J connectivity index is 2.55. The van der Waals surface area contributed by atoms with Crippen LogP contribution in [0, 0.1) is 0 Å². The summed E-state index contributed by atoms with van der Waals surface area (Å²) >= 11 is 3.47. The summed E-state index contributed by atoms with van der Waals surface area (Å²) in [4.78, 5) is 11.5. The fourth-order valence-electron chi connectivity index (χ4n) is 1.48. The van der Waals surface area contributed by atoms with E-state index in [2.05, 4.69) is 21.2 Å². The first-order chi connectivity index (χ1) is 7.65. The zero-order chi connectivity index (χ0) is 12.0. The van der Waals surface area contributed by atoms with Gasteiger partial charge in [0.1, 0.15) is 0 Å². The van der Waals surface area contributed by atoms with Gasteiger partial charge in [-0.25, -0.2) is 0 Å². The molecule has 3 N–H and O–H groups in total. The lowest BCUT2D eigenvalue weighted by Crippen LogP contribution is -2.27. The minimum Gasteiger partial charge on any atom is -0.350 e. The van der Waals surface area contributed by atoms with Crippen LogP contribution < -0.4 is 11.1 Å². The van der Waals surface area contributed by atoms with E-state index in [-0.39, 0.29) is 11.9 Å². The first-order valence-electron chi connectivity index (χ1n) is 5.39. The van der Waals surface area contributed by atoms with Crippen LogP contribution in [0.2, 0.25) is 0 Å². The summed E-state index contributed by atoms with van der Waals surface area (Å²) in [5.74, 6) is 0.0497. The maximum absolute atomic E-state index is 11.5. The Kier molecular flexibility index (Phi) is 5.49. The van der Waals surface area contributed by atoms with E-state index in [4.69, 9.17) is 5.73 Å². The van der Waals surface area contributed by atoms with Crippen molar-refractivity contribution in [3.05, 3.63) is 34.3 Å². The first kappa shape index (κ1) is 13.2. The number of benzene rings is 1. The Hall–Kier alpha value is -0.870. The second kappa shape index (κ2) is 6.66. The van der Waals surface area contributed by atoms with Gasteiger partial charge in [-0.1, -0.05) is 34.1 Å². The molecule has 0 saturated heterocycles. The number of carbonyl (C=O) groups excluding carboxylic acids is 1. The molecule has 0 spiro atoms. The molecule has 1 amide bonds. The van der Waals surface area contributed by atoms with Crippen LogP contribution >= 0.6 is 15.9 Å². The third kappa shape index (κ3) is 3.94. The van der Waals surface area contributed by atoms with Crippen LogP contribution in [0.25, 0.3) is 0 Å². The SMILES string of the molecule is C[C@H](NC(=O)CCCN)c1ccccc1Br. The number of amides is 1. The van der Waals surface area contributed by atoms with Gasteiger partial charge in [-0.15, -0.1) is 0 Å². The summed E-state index contributed by atoms with van der Waals surface area (Å²) < 4.78 is 1.02. The predicted molar refractivity (Wildman–Crippen MR) is 69.0 cm³/mol. The Morgan fingerprint density at radius 2 is 2.19 bits per heavy atom. The van der Waals surface area contributed by atoms with E-state index >= 15 is 0 Å². The lowest BCUT2D eigenvalue weighted by Gasteiger charge is -2.15. The normalized spacial score (nSPS) is 12.2. The molecular weight excluding hydrogens is 268 g/mol. The smallest absolute Gasteiger partial charge is 0.220 e. The molecule has 1 atom stereocenters. The Bertz CT molecular complexity index is 355.